The van der Waals surface area contributed by atoms with Crippen molar-refractivity contribution in [3.63, 3.8) is 0 Å². The maximum absolute atomic E-state index is 12.5. The van der Waals surface area contributed by atoms with Crippen LogP contribution < -0.4 is 9.80 Å². The van der Waals surface area contributed by atoms with Crippen LogP contribution in [0.5, 0.6) is 0 Å². The lowest BCUT2D eigenvalue weighted by Crippen LogP contribution is -2.45. The monoisotopic (exact) mass is 241 g/mol. The fourth-order valence-electron chi connectivity index (χ4n) is 2.47. The summed E-state index contributed by atoms with van der Waals surface area (Å²) in [6.45, 7) is 1.47. The molecular weight excluding hydrogens is 226 g/mol. The number of hydrogen-bond donors (Lipinski definition) is 0. The number of nitriles is 1. The second-order valence-corrected chi connectivity index (χ2v) is 5.06. The summed E-state index contributed by atoms with van der Waals surface area (Å²) in [7, 11) is 2.03. The molecule has 92 valence electrons. The lowest BCUT2D eigenvalue weighted by Gasteiger charge is -2.36. The molecule has 1 aromatic carbocycles. The van der Waals surface area contributed by atoms with Gasteiger partial charge in [0.15, 0.2) is 0 Å². The first-order valence-electron chi connectivity index (χ1n) is 6.21. The molecule has 0 radical (unpaired) electrons. The molecule has 3 rings (SSSR count). The number of para-hydroxylation sites is 2. The van der Waals surface area contributed by atoms with Crippen LogP contribution in [0, 0.1) is 16.7 Å². The van der Waals surface area contributed by atoms with E-state index < -0.39 is 5.41 Å². The van der Waals surface area contributed by atoms with Crippen molar-refractivity contribution in [2.45, 2.75) is 12.8 Å². The Kier molecular flexibility index (Phi) is 2.30. The molecule has 0 unspecified atom stereocenters. The van der Waals surface area contributed by atoms with Crippen molar-refractivity contribution in [3.05, 3.63) is 24.3 Å². The molecule has 2 aliphatic rings. The van der Waals surface area contributed by atoms with Crippen molar-refractivity contribution in [2.24, 2.45) is 5.41 Å². The number of amides is 1. The highest BCUT2D eigenvalue weighted by Gasteiger charge is 2.53. The van der Waals surface area contributed by atoms with E-state index in [0.29, 0.717) is 19.4 Å². The van der Waals surface area contributed by atoms with E-state index in [0.717, 1.165) is 17.9 Å². The van der Waals surface area contributed by atoms with Crippen LogP contribution in [0.3, 0.4) is 0 Å². The summed E-state index contributed by atoms with van der Waals surface area (Å²) in [5.74, 6) is -0.0226. The SMILES string of the molecule is CN1CCN(C(=O)C2(C#N)CC2)c2ccccc21. The van der Waals surface area contributed by atoms with Crippen LogP contribution in [0.25, 0.3) is 0 Å². The first kappa shape index (κ1) is 11.1. The Morgan fingerprint density at radius 2 is 1.94 bits per heavy atom. The Balaban J connectivity index is 1.98. The number of carbonyl (C=O) groups excluding carboxylic acids is 1. The van der Waals surface area contributed by atoms with Crippen LogP contribution in [0.15, 0.2) is 24.3 Å². The first-order chi connectivity index (χ1) is 8.68. The molecule has 1 amide bonds. The van der Waals surface area contributed by atoms with Crippen molar-refractivity contribution < 1.29 is 4.79 Å². The van der Waals surface area contributed by atoms with E-state index in [4.69, 9.17) is 5.26 Å². The van der Waals surface area contributed by atoms with Crippen molar-refractivity contribution in [2.75, 3.05) is 29.9 Å². The summed E-state index contributed by atoms with van der Waals surface area (Å²) in [4.78, 5) is 16.4. The van der Waals surface area contributed by atoms with Gasteiger partial charge >= 0.3 is 0 Å². The Bertz CT molecular complexity index is 542. The zero-order valence-corrected chi connectivity index (χ0v) is 10.4. The molecule has 18 heavy (non-hydrogen) atoms. The van der Waals surface area contributed by atoms with Crippen molar-refractivity contribution in [1.29, 1.82) is 5.26 Å². The van der Waals surface area contributed by atoms with E-state index >= 15 is 0 Å². The summed E-state index contributed by atoms with van der Waals surface area (Å²) in [6.07, 6.45) is 1.41. The lowest BCUT2D eigenvalue weighted by molar-refractivity contribution is -0.121. The number of nitrogens with zero attached hydrogens (tertiary/aromatic N) is 3. The predicted molar refractivity (Wildman–Crippen MR) is 69.3 cm³/mol. The zero-order valence-electron chi connectivity index (χ0n) is 10.4. The number of fused-ring (bicyclic) bond motifs is 1. The Morgan fingerprint density at radius 3 is 2.56 bits per heavy atom. The van der Waals surface area contributed by atoms with Gasteiger partial charge in [-0.05, 0) is 25.0 Å². The molecule has 4 nitrogen and oxygen atoms in total. The molecule has 0 N–H and O–H groups in total. The molecular formula is C14H15N3O. The van der Waals surface area contributed by atoms with Gasteiger partial charge in [-0.25, -0.2) is 0 Å². The maximum Gasteiger partial charge on any atom is 0.247 e. The van der Waals surface area contributed by atoms with Gasteiger partial charge in [0.2, 0.25) is 5.91 Å². The molecule has 0 atom stereocenters. The number of carbonyl (C=O) groups is 1. The molecule has 1 aliphatic heterocycles. The number of benzene rings is 1. The van der Waals surface area contributed by atoms with E-state index in [1.165, 1.54) is 0 Å². The highest BCUT2D eigenvalue weighted by Crippen LogP contribution is 2.48. The third-order valence-electron chi connectivity index (χ3n) is 3.86. The summed E-state index contributed by atoms with van der Waals surface area (Å²) >= 11 is 0. The molecule has 1 aliphatic carbocycles. The standard InChI is InChI=1S/C14H15N3O/c1-16-8-9-17(12-5-3-2-4-11(12)16)13(18)14(10-15)6-7-14/h2-5H,6-9H2,1H3. The van der Waals surface area contributed by atoms with Gasteiger partial charge in [-0.15, -0.1) is 0 Å². The highest BCUT2D eigenvalue weighted by atomic mass is 16.2. The van der Waals surface area contributed by atoms with Crippen LogP contribution in [-0.4, -0.2) is 26.0 Å². The van der Waals surface area contributed by atoms with E-state index in [1.54, 1.807) is 4.90 Å². The highest BCUT2D eigenvalue weighted by molar-refractivity contribution is 6.04. The zero-order chi connectivity index (χ0) is 12.8. The lowest BCUT2D eigenvalue weighted by atomic mass is 10.1. The van der Waals surface area contributed by atoms with E-state index in [2.05, 4.69) is 11.0 Å². The van der Waals surface area contributed by atoms with E-state index in [1.807, 2.05) is 31.3 Å². The average Bonchev–Trinajstić information content (AvgIpc) is 3.20. The van der Waals surface area contributed by atoms with Gasteiger partial charge in [-0.2, -0.15) is 5.26 Å². The third-order valence-corrected chi connectivity index (χ3v) is 3.86. The summed E-state index contributed by atoms with van der Waals surface area (Å²) < 4.78 is 0. The quantitative estimate of drug-likeness (QED) is 0.753. The smallest absolute Gasteiger partial charge is 0.247 e. The predicted octanol–water partition coefficient (Wildman–Crippen LogP) is 1.77. The van der Waals surface area contributed by atoms with Crippen LogP contribution >= 0.6 is 0 Å². The molecule has 1 saturated carbocycles. The minimum atomic E-state index is -0.733. The number of anilines is 2. The molecule has 1 aromatic rings. The Labute approximate surface area is 106 Å². The number of rotatable bonds is 1. The molecule has 0 saturated heterocycles. The molecule has 0 bridgehead atoms. The summed E-state index contributed by atoms with van der Waals surface area (Å²) in [6, 6.07) is 10.1. The first-order valence-corrected chi connectivity index (χ1v) is 6.21. The van der Waals surface area contributed by atoms with E-state index in [9.17, 15) is 4.79 Å². The maximum atomic E-state index is 12.5. The van der Waals surface area contributed by atoms with Crippen LogP contribution in [0.4, 0.5) is 11.4 Å². The Morgan fingerprint density at radius 1 is 1.28 bits per heavy atom. The number of likely N-dealkylation sites (N-methyl/N-ethyl adjacent to an activating group) is 1. The Hall–Kier alpha value is -2.02. The average molecular weight is 241 g/mol. The minimum Gasteiger partial charge on any atom is -0.371 e. The van der Waals surface area contributed by atoms with Gasteiger partial charge in [0, 0.05) is 20.1 Å². The van der Waals surface area contributed by atoms with Crippen LogP contribution in [0.1, 0.15) is 12.8 Å². The van der Waals surface area contributed by atoms with Crippen molar-refractivity contribution >= 4 is 17.3 Å². The summed E-state index contributed by atoms with van der Waals surface area (Å²) in [5, 5.41) is 9.15. The van der Waals surface area contributed by atoms with Gasteiger partial charge in [0.25, 0.3) is 0 Å². The van der Waals surface area contributed by atoms with Crippen molar-refractivity contribution in [3.8, 4) is 6.07 Å². The van der Waals surface area contributed by atoms with Gasteiger partial charge in [0.05, 0.1) is 17.4 Å². The largest absolute Gasteiger partial charge is 0.371 e. The fraction of sp³-hybridized carbons (Fsp3) is 0.429. The minimum absolute atomic E-state index is 0.0226. The topological polar surface area (TPSA) is 47.3 Å². The summed E-state index contributed by atoms with van der Waals surface area (Å²) in [5.41, 5.74) is 1.26. The van der Waals surface area contributed by atoms with Crippen LogP contribution in [-0.2, 0) is 4.79 Å². The van der Waals surface area contributed by atoms with Gasteiger partial charge in [-0.3, -0.25) is 4.79 Å². The van der Waals surface area contributed by atoms with Crippen LogP contribution in [0.2, 0.25) is 0 Å². The molecule has 0 spiro atoms. The van der Waals surface area contributed by atoms with Gasteiger partial charge in [-0.1, -0.05) is 12.1 Å². The number of hydrogen-bond acceptors (Lipinski definition) is 3. The fourth-order valence-corrected chi connectivity index (χ4v) is 2.47. The third kappa shape index (κ3) is 1.47. The second-order valence-electron chi connectivity index (χ2n) is 5.06. The van der Waals surface area contributed by atoms with Crippen molar-refractivity contribution in [1.82, 2.24) is 0 Å². The molecule has 1 fully saturated rings. The normalized spacial score (nSPS) is 20.0. The molecule has 1 heterocycles. The van der Waals surface area contributed by atoms with Gasteiger partial charge < -0.3 is 9.80 Å². The van der Waals surface area contributed by atoms with E-state index in [-0.39, 0.29) is 5.91 Å². The molecule has 4 heteroatoms. The van der Waals surface area contributed by atoms with Gasteiger partial charge in [0.1, 0.15) is 5.41 Å². The second kappa shape index (κ2) is 3.74. The molecule has 0 aromatic heterocycles.